The molecule has 1 unspecified atom stereocenters. The molecule has 2 aromatic carbocycles. The maximum Gasteiger partial charge on any atom is 1.00 e. The van der Waals surface area contributed by atoms with E-state index >= 15 is 0 Å². The van der Waals surface area contributed by atoms with Crippen molar-refractivity contribution in [1.29, 1.82) is 0 Å². The van der Waals surface area contributed by atoms with E-state index in [1.54, 1.807) is 0 Å². The topological polar surface area (TPSA) is 44.8 Å². The minimum absolute atomic E-state index is 0. The molecule has 6 heteroatoms. The van der Waals surface area contributed by atoms with Gasteiger partial charge in [0.05, 0.1) is 25.1 Å². The quantitative estimate of drug-likeness (QED) is 0.355. The van der Waals surface area contributed by atoms with Crippen LogP contribution in [0.25, 0.3) is 0 Å². The van der Waals surface area contributed by atoms with Gasteiger partial charge in [0.15, 0.2) is 5.52 Å². The third-order valence-electron chi connectivity index (χ3n) is 4.71. The van der Waals surface area contributed by atoms with Gasteiger partial charge in [-0.15, -0.1) is 0 Å². The summed E-state index contributed by atoms with van der Waals surface area (Å²) in [5.41, 5.74) is 2.87. The minimum atomic E-state index is -0.0977. The first-order chi connectivity index (χ1) is 15.1. The van der Waals surface area contributed by atoms with Crippen LogP contribution in [0.2, 0.25) is 0 Å². The zero-order valence-corrected chi connectivity index (χ0v) is 22.9. The molecule has 176 valence electrons. The molecule has 0 bridgehead atoms. The van der Waals surface area contributed by atoms with E-state index in [4.69, 9.17) is 14.2 Å². The Bertz CT molecular complexity index is 856. The molecule has 0 amide bonds. The van der Waals surface area contributed by atoms with Crippen LogP contribution in [0.15, 0.2) is 30.3 Å². The van der Waals surface area contributed by atoms with Crippen LogP contribution in [0.4, 0.5) is 0 Å². The van der Waals surface area contributed by atoms with Crippen molar-refractivity contribution in [2.24, 2.45) is 17.8 Å². The van der Waals surface area contributed by atoms with Gasteiger partial charge in [0.2, 0.25) is 0 Å². The van der Waals surface area contributed by atoms with Gasteiger partial charge < -0.3 is 14.2 Å². The van der Waals surface area contributed by atoms with Crippen molar-refractivity contribution in [1.82, 2.24) is 0 Å². The van der Waals surface area contributed by atoms with Crippen LogP contribution in [0.3, 0.4) is 0 Å². The molecule has 1 atom stereocenters. The fraction of sp³-hybridized carbons (Fsp3) is 0.519. The van der Waals surface area contributed by atoms with Crippen LogP contribution in [0, 0.1) is 31.6 Å². The summed E-state index contributed by atoms with van der Waals surface area (Å²) >= 11 is 0. The molecule has 0 saturated heterocycles. The van der Waals surface area contributed by atoms with E-state index < -0.39 is 0 Å². The number of carbonyl (C=O) groups is 1. The number of hydrogen-bond acceptors (Lipinski definition) is 4. The van der Waals surface area contributed by atoms with Crippen molar-refractivity contribution in [2.45, 2.75) is 55.4 Å². The van der Waals surface area contributed by atoms with Crippen molar-refractivity contribution in [3.05, 3.63) is 47.0 Å². The largest absolute Gasteiger partial charge is 1.00 e. The van der Waals surface area contributed by atoms with Gasteiger partial charge in [0, 0.05) is 17.7 Å². The van der Waals surface area contributed by atoms with Crippen LogP contribution in [0.5, 0.6) is 17.2 Å². The molecule has 0 aliphatic rings. The summed E-state index contributed by atoms with van der Waals surface area (Å²) in [6.07, 6.45) is 0. The Morgan fingerprint density at radius 2 is 1.21 bits per heavy atom. The van der Waals surface area contributed by atoms with Crippen LogP contribution >= 0.6 is 8.58 Å². The molecule has 0 saturated carbocycles. The minimum Gasteiger partial charge on any atom is -0.493 e. The van der Waals surface area contributed by atoms with Crippen molar-refractivity contribution in [3.8, 4) is 17.2 Å². The molecule has 4 nitrogen and oxygen atoms in total. The Kier molecular flexibility index (Phi) is 12.6. The molecule has 0 aliphatic carbocycles. The normalized spacial score (nSPS) is 11.4. The monoisotopic (exact) mass is 465 g/mol. The zero-order chi connectivity index (χ0) is 23.8. The van der Waals surface area contributed by atoms with Crippen molar-refractivity contribution < 1.29 is 37.9 Å². The summed E-state index contributed by atoms with van der Waals surface area (Å²) < 4.78 is 18.4. The van der Waals surface area contributed by atoms with Crippen molar-refractivity contribution in [2.75, 3.05) is 19.8 Å². The Hall–Kier alpha value is -1.46. The fourth-order valence-electron chi connectivity index (χ4n) is 3.12. The van der Waals surface area contributed by atoms with E-state index in [0.717, 1.165) is 22.0 Å². The van der Waals surface area contributed by atoms with Gasteiger partial charge in [0.25, 0.3) is 0 Å². The predicted molar refractivity (Wildman–Crippen MR) is 136 cm³/mol. The summed E-state index contributed by atoms with van der Waals surface area (Å²) in [4.78, 5) is 13.4. The molecular weight excluding hydrogens is 426 g/mol. The van der Waals surface area contributed by atoms with Crippen LogP contribution in [0.1, 0.15) is 63.0 Å². The molecule has 2 aromatic rings. The second-order valence-corrected chi connectivity index (χ2v) is 10.8. The molecule has 0 radical (unpaired) electrons. The Morgan fingerprint density at radius 1 is 0.788 bits per heavy atom. The summed E-state index contributed by atoms with van der Waals surface area (Å²) in [5, 5.41) is 0.816. The molecule has 0 heterocycles. The van der Waals surface area contributed by atoms with Gasteiger partial charge in [-0.25, -0.2) is 0 Å². The second kappa shape index (κ2) is 14.1. The fourth-order valence-corrected chi connectivity index (χ4v) is 4.41. The average Bonchev–Trinajstić information content (AvgIpc) is 2.70. The van der Waals surface area contributed by atoms with E-state index in [1.165, 1.54) is 0 Å². The van der Waals surface area contributed by atoms with Gasteiger partial charge in [-0.3, -0.25) is 4.79 Å². The Morgan fingerprint density at radius 3 is 1.64 bits per heavy atom. The predicted octanol–water partition coefficient (Wildman–Crippen LogP) is 3.56. The molecule has 2 rings (SSSR count). The third kappa shape index (κ3) is 9.36. The number of carbonyl (C=O) groups excluding carboxylic acids is 1. The summed E-state index contributed by atoms with van der Waals surface area (Å²) in [6, 6.07) is 9.78. The molecule has 0 spiro atoms. The first-order valence-electron chi connectivity index (χ1n) is 11.5. The maximum atomic E-state index is 13.4. The SMILES string of the molecule is Cc1cccc(C)c1C(=O)Pc1c(OCC(C)C)cc(OCC(C)C)cc1OCC(C)C.[Li+]. The van der Waals surface area contributed by atoms with Gasteiger partial charge in [-0.05, 0) is 51.3 Å². The third-order valence-corrected chi connectivity index (χ3v) is 5.93. The van der Waals surface area contributed by atoms with E-state index in [-0.39, 0.29) is 33.0 Å². The second-order valence-electron chi connectivity index (χ2n) is 9.63. The first-order valence-corrected chi connectivity index (χ1v) is 12.5. The van der Waals surface area contributed by atoms with E-state index in [9.17, 15) is 4.79 Å². The summed E-state index contributed by atoms with van der Waals surface area (Å²) in [7, 11) is -0.0977. The number of hydrogen-bond donors (Lipinski definition) is 0. The maximum absolute atomic E-state index is 13.4. The molecule has 0 aliphatic heterocycles. The van der Waals surface area contributed by atoms with E-state index in [1.807, 2.05) is 44.2 Å². The first kappa shape index (κ1) is 29.6. The number of benzene rings is 2. The van der Waals surface area contributed by atoms with Gasteiger partial charge >= 0.3 is 18.9 Å². The number of ether oxygens (including phenoxy) is 3. The molecule has 33 heavy (non-hydrogen) atoms. The Balaban J connectivity index is 0.00000544. The van der Waals surface area contributed by atoms with Gasteiger partial charge in [0.1, 0.15) is 17.2 Å². The van der Waals surface area contributed by atoms with E-state index in [0.29, 0.717) is 54.8 Å². The van der Waals surface area contributed by atoms with Crippen LogP contribution < -0.4 is 38.4 Å². The van der Waals surface area contributed by atoms with Gasteiger partial charge in [-0.2, -0.15) is 0 Å². The summed E-state index contributed by atoms with van der Waals surface area (Å²) in [5.74, 6) is 3.20. The van der Waals surface area contributed by atoms with Crippen LogP contribution in [-0.2, 0) is 0 Å². The number of aryl methyl sites for hydroxylation is 2. The molecule has 0 N–H and O–H groups in total. The molecule has 0 aromatic heterocycles. The average molecular weight is 466 g/mol. The van der Waals surface area contributed by atoms with E-state index in [2.05, 4.69) is 41.5 Å². The summed E-state index contributed by atoms with van der Waals surface area (Å²) in [6.45, 7) is 18.4. The van der Waals surface area contributed by atoms with Gasteiger partial charge in [-0.1, -0.05) is 59.7 Å². The molecule has 0 fully saturated rings. The number of rotatable bonds is 12. The van der Waals surface area contributed by atoms with Crippen LogP contribution in [-0.4, -0.2) is 25.3 Å². The standard InChI is InChI=1S/C27H39O4P.Li/c1-17(2)14-29-22-12-23(30-15-18(3)4)26(24(13-22)31-16-19(5)6)32-27(28)25-20(7)10-9-11-21(25)8;/h9-13,17-19,32H,14-16H2,1-8H3;/q;+1. The van der Waals surface area contributed by atoms with Crippen molar-refractivity contribution in [3.63, 3.8) is 0 Å². The molecular formula is C27H39LiO4P+. The smallest absolute Gasteiger partial charge is 0.493 e. The zero-order valence-electron chi connectivity index (χ0n) is 21.9. The Labute approximate surface area is 214 Å². The van der Waals surface area contributed by atoms with Crippen molar-refractivity contribution >= 4 is 19.4 Å².